The van der Waals surface area contributed by atoms with E-state index in [1.807, 2.05) is 27.7 Å². The summed E-state index contributed by atoms with van der Waals surface area (Å²) in [4.78, 5) is 0. The Bertz CT molecular complexity index is 469. The third-order valence-corrected chi connectivity index (χ3v) is 3.80. The Morgan fingerprint density at radius 3 is 2.11 bits per heavy atom. The van der Waals surface area contributed by atoms with Gasteiger partial charge in [-0.15, -0.1) is 0 Å². The molecular formula is C13H18BFO3. The van der Waals surface area contributed by atoms with Crippen molar-refractivity contribution in [3.63, 3.8) is 0 Å². The summed E-state index contributed by atoms with van der Waals surface area (Å²) >= 11 is 0. The van der Waals surface area contributed by atoms with Crippen molar-refractivity contribution in [3.05, 3.63) is 23.5 Å². The molecule has 98 valence electrons. The molecule has 0 amide bonds. The van der Waals surface area contributed by atoms with Crippen molar-refractivity contribution in [1.82, 2.24) is 0 Å². The zero-order chi connectivity index (χ0) is 13.7. The highest BCUT2D eigenvalue weighted by Crippen LogP contribution is 2.37. The molecule has 3 nitrogen and oxygen atoms in total. The minimum Gasteiger partial charge on any atom is -0.508 e. The van der Waals surface area contributed by atoms with E-state index in [-0.39, 0.29) is 5.75 Å². The highest BCUT2D eigenvalue weighted by Gasteiger charge is 2.52. The Kier molecular flexibility index (Phi) is 2.95. The molecule has 0 atom stereocenters. The van der Waals surface area contributed by atoms with Crippen molar-refractivity contribution in [1.29, 1.82) is 0 Å². The van der Waals surface area contributed by atoms with Gasteiger partial charge < -0.3 is 14.4 Å². The van der Waals surface area contributed by atoms with Gasteiger partial charge in [-0.25, -0.2) is 4.39 Å². The van der Waals surface area contributed by atoms with E-state index in [9.17, 15) is 9.50 Å². The van der Waals surface area contributed by atoms with E-state index in [1.165, 1.54) is 12.1 Å². The average molecular weight is 252 g/mol. The van der Waals surface area contributed by atoms with Crippen LogP contribution in [0.4, 0.5) is 4.39 Å². The summed E-state index contributed by atoms with van der Waals surface area (Å²) in [6.07, 6.45) is 0. The van der Waals surface area contributed by atoms with Crippen LogP contribution in [0.3, 0.4) is 0 Å². The standard InChI is InChI=1S/C13H18BFO3/c1-8-6-9(15)7-10(11(8)16)14-17-12(2,3)13(4,5)18-14/h6-7,16H,1-5H3. The van der Waals surface area contributed by atoms with Gasteiger partial charge in [-0.2, -0.15) is 0 Å². The minimum absolute atomic E-state index is 0.0231. The second-order valence-corrected chi connectivity index (χ2v) is 5.75. The van der Waals surface area contributed by atoms with Crippen LogP contribution in [0.15, 0.2) is 12.1 Å². The molecule has 1 heterocycles. The number of halogens is 1. The SMILES string of the molecule is Cc1cc(F)cc(B2OC(C)(C)C(C)(C)O2)c1O. The van der Waals surface area contributed by atoms with Crippen molar-refractivity contribution in [2.45, 2.75) is 45.8 Å². The fourth-order valence-corrected chi connectivity index (χ4v) is 1.91. The Morgan fingerprint density at radius 2 is 1.61 bits per heavy atom. The quantitative estimate of drug-likeness (QED) is 0.778. The summed E-state index contributed by atoms with van der Waals surface area (Å²) in [5.41, 5.74) is -0.208. The van der Waals surface area contributed by atoms with Crippen LogP contribution >= 0.6 is 0 Å². The molecule has 1 aliphatic heterocycles. The highest BCUT2D eigenvalue weighted by atomic mass is 19.1. The van der Waals surface area contributed by atoms with Gasteiger partial charge in [-0.3, -0.25) is 0 Å². The number of hydrogen-bond acceptors (Lipinski definition) is 3. The topological polar surface area (TPSA) is 38.7 Å². The predicted molar refractivity (Wildman–Crippen MR) is 68.5 cm³/mol. The number of phenolic OH excluding ortho intramolecular Hbond substituents is 1. The Labute approximate surface area is 107 Å². The molecule has 18 heavy (non-hydrogen) atoms. The lowest BCUT2D eigenvalue weighted by Crippen LogP contribution is -2.41. The van der Waals surface area contributed by atoms with Gasteiger partial charge in [0.2, 0.25) is 0 Å². The second kappa shape index (κ2) is 3.97. The summed E-state index contributed by atoms with van der Waals surface area (Å²) in [7, 11) is -0.746. The number of aromatic hydroxyl groups is 1. The first kappa shape index (κ1) is 13.4. The molecule has 1 saturated heterocycles. The molecule has 0 aromatic heterocycles. The van der Waals surface area contributed by atoms with E-state index in [2.05, 4.69) is 0 Å². The van der Waals surface area contributed by atoms with Crippen LogP contribution in [0.2, 0.25) is 0 Å². The molecule has 5 heteroatoms. The van der Waals surface area contributed by atoms with Crippen LogP contribution in [0.1, 0.15) is 33.3 Å². The van der Waals surface area contributed by atoms with E-state index in [4.69, 9.17) is 9.31 Å². The molecule has 1 aromatic rings. The normalized spacial score (nSPS) is 21.3. The van der Waals surface area contributed by atoms with Gasteiger partial charge in [0.1, 0.15) is 11.6 Å². The van der Waals surface area contributed by atoms with Gasteiger partial charge in [-0.05, 0) is 52.3 Å². The Morgan fingerprint density at radius 1 is 1.11 bits per heavy atom. The van der Waals surface area contributed by atoms with E-state index in [0.717, 1.165) is 0 Å². The fraction of sp³-hybridized carbons (Fsp3) is 0.538. The Balaban J connectivity index is 2.41. The van der Waals surface area contributed by atoms with E-state index in [1.54, 1.807) is 6.92 Å². The third-order valence-electron chi connectivity index (χ3n) is 3.80. The molecule has 1 fully saturated rings. The first-order chi connectivity index (χ1) is 8.14. The number of hydrogen-bond donors (Lipinski definition) is 1. The van der Waals surface area contributed by atoms with Crippen LogP contribution < -0.4 is 5.46 Å². The van der Waals surface area contributed by atoms with Crippen molar-refractivity contribution in [3.8, 4) is 5.75 Å². The molecule has 0 unspecified atom stereocenters. The molecule has 0 radical (unpaired) electrons. The van der Waals surface area contributed by atoms with Crippen molar-refractivity contribution >= 4 is 12.6 Å². The van der Waals surface area contributed by atoms with E-state index >= 15 is 0 Å². The van der Waals surface area contributed by atoms with Crippen molar-refractivity contribution in [2.75, 3.05) is 0 Å². The zero-order valence-corrected chi connectivity index (χ0v) is 11.4. The number of rotatable bonds is 1. The molecule has 0 saturated carbocycles. The van der Waals surface area contributed by atoms with Crippen LogP contribution in [-0.4, -0.2) is 23.4 Å². The van der Waals surface area contributed by atoms with Gasteiger partial charge in [0, 0.05) is 5.46 Å². The summed E-state index contributed by atoms with van der Waals surface area (Å²) in [5.74, 6) is -0.384. The average Bonchev–Trinajstić information content (AvgIpc) is 2.42. The Hall–Kier alpha value is -1.07. The van der Waals surface area contributed by atoms with Crippen molar-refractivity contribution < 1.29 is 18.8 Å². The maximum Gasteiger partial charge on any atom is 0.498 e. The monoisotopic (exact) mass is 252 g/mol. The molecule has 1 aromatic carbocycles. The largest absolute Gasteiger partial charge is 0.508 e. The van der Waals surface area contributed by atoms with Crippen LogP contribution in [0, 0.1) is 12.7 Å². The summed E-state index contributed by atoms with van der Waals surface area (Å²) in [5, 5.41) is 10.00. The van der Waals surface area contributed by atoms with Crippen molar-refractivity contribution in [2.24, 2.45) is 0 Å². The van der Waals surface area contributed by atoms with Gasteiger partial charge in [-0.1, -0.05) is 0 Å². The molecule has 0 aliphatic carbocycles. The number of aryl methyl sites for hydroxylation is 1. The summed E-state index contributed by atoms with van der Waals surface area (Å²) < 4.78 is 25.0. The minimum atomic E-state index is -0.746. The molecular weight excluding hydrogens is 234 g/mol. The first-order valence-electron chi connectivity index (χ1n) is 5.99. The molecule has 0 spiro atoms. The molecule has 1 aliphatic rings. The maximum absolute atomic E-state index is 13.4. The highest BCUT2D eigenvalue weighted by molar-refractivity contribution is 6.63. The van der Waals surface area contributed by atoms with E-state index < -0.39 is 24.1 Å². The van der Waals surface area contributed by atoms with Crippen LogP contribution in [-0.2, 0) is 9.31 Å². The third kappa shape index (κ3) is 2.02. The number of phenols is 1. The molecule has 2 rings (SSSR count). The lowest BCUT2D eigenvalue weighted by atomic mass is 9.77. The van der Waals surface area contributed by atoms with Gasteiger partial charge in [0.05, 0.1) is 11.2 Å². The molecule has 1 N–H and O–H groups in total. The number of benzene rings is 1. The summed E-state index contributed by atoms with van der Waals surface area (Å²) in [6.45, 7) is 9.30. The maximum atomic E-state index is 13.4. The lowest BCUT2D eigenvalue weighted by molar-refractivity contribution is 0.00578. The van der Waals surface area contributed by atoms with Crippen LogP contribution in [0.5, 0.6) is 5.75 Å². The lowest BCUT2D eigenvalue weighted by Gasteiger charge is -2.32. The first-order valence-corrected chi connectivity index (χ1v) is 5.99. The van der Waals surface area contributed by atoms with Gasteiger partial charge in [0.25, 0.3) is 0 Å². The predicted octanol–water partition coefficient (Wildman–Crippen LogP) is 2.14. The van der Waals surface area contributed by atoms with Crippen LogP contribution in [0.25, 0.3) is 0 Å². The van der Waals surface area contributed by atoms with Gasteiger partial charge in [0.15, 0.2) is 0 Å². The zero-order valence-electron chi connectivity index (χ0n) is 11.4. The second-order valence-electron chi connectivity index (χ2n) is 5.75. The fourth-order valence-electron chi connectivity index (χ4n) is 1.91. The van der Waals surface area contributed by atoms with Gasteiger partial charge >= 0.3 is 7.12 Å². The summed E-state index contributed by atoms with van der Waals surface area (Å²) in [6, 6.07) is 2.54. The molecule has 0 bridgehead atoms. The van der Waals surface area contributed by atoms with E-state index in [0.29, 0.717) is 11.0 Å². The smallest absolute Gasteiger partial charge is 0.498 e.